The Bertz CT molecular complexity index is 354. The van der Waals surface area contributed by atoms with E-state index in [-0.39, 0.29) is 0 Å². The van der Waals surface area contributed by atoms with E-state index in [1.54, 1.807) is 0 Å². The summed E-state index contributed by atoms with van der Waals surface area (Å²) in [7, 11) is -5.84. The van der Waals surface area contributed by atoms with E-state index in [2.05, 4.69) is 4.74 Å². The Morgan fingerprint density at radius 1 is 1.11 bits per heavy atom. The third-order valence-corrected chi connectivity index (χ3v) is 2.39. The summed E-state index contributed by atoms with van der Waals surface area (Å²) < 4.78 is 62.1. The predicted molar refractivity (Wildman–Crippen MR) is 47.6 cm³/mol. The van der Waals surface area contributed by atoms with Gasteiger partial charge in [-0.1, -0.05) is 0 Å². The number of aliphatic hydroxyl groups is 4. The summed E-state index contributed by atoms with van der Waals surface area (Å²) in [5.41, 5.74) is -5.53. The molecule has 110 valence electrons. The van der Waals surface area contributed by atoms with Crippen LogP contribution in [0.3, 0.4) is 0 Å². The molecule has 1 aliphatic rings. The van der Waals surface area contributed by atoms with Gasteiger partial charge in [-0.15, -0.1) is 0 Å². The van der Waals surface area contributed by atoms with E-state index < -0.39 is 46.8 Å². The van der Waals surface area contributed by atoms with Crippen LogP contribution in [0.2, 0.25) is 0 Å². The molecule has 0 unspecified atom stereocenters. The number of hydrogen-bond donors (Lipinski definition) is 5. The second-order valence-corrected chi connectivity index (χ2v) is 4.56. The summed E-state index contributed by atoms with van der Waals surface area (Å²) in [4.78, 5) is 0. The first-order valence-corrected chi connectivity index (χ1v) is 5.70. The minimum Gasteiger partial charge on any atom is -0.394 e. The van der Waals surface area contributed by atoms with Crippen LogP contribution in [0.1, 0.15) is 0 Å². The van der Waals surface area contributed by atoms with Crippen LogP contribution in [0.25, 0.3) is 0 Å². The van der Waals surface area contributed by atoms with E-state index >= 15 is 0 Å². The molecule has 4 atom stereocenters. The largest absolute Gasteiger partial charge is 0.522 e. The van der Waals surface area contributed by atoms with Crippen LogP contribution in [-0.4, -0.2) is 70.1 Å². The van der Waals surface area contributed by atoms with Gasteiger partial charge >= 0.3 is 15.6 Å². The third kappa shape index (κ3) is 4.64. The van der Waals surface area contributed by atoms with Crippen LogP contribution in [0, 0.1) is 0 Å². The number of aliphatic hydroxyl groups excluding tert-OH is 4. The van der Waals surface area contributed by atoms with Gasteiger partial charge in [-0.05, 0) is 0 Å². The van der Waals surface area contributed by atoms with E-state index in [1.165, 1.54) is 0 Å². The van der Waals surface area contributed by atoms with Crippen molar-refractivity contribution >= 4 is 10.1 Å². The molecule has 18 heavy (non-hydrogen) atoms. The van der Waals surface area contributed by atoms with E-state index in [1.807, 2.05) is 0 Å². The summed E-state index contributed by atoms with van der Waals surface area (Å²) in [5.74, 6) is 0. The second-order valence-electron chi connectivity index (χ2n) is 3.15. The standard InChI is InChI=1S/C5H10O5.CHF3O3S/c6-1-2-3(7)4(8)5(9)10-2;2-1(3,4)8(5,6)7/h2-9H,1H2;(H,5,6,7)/t2-,3-,4-,5-;/m1./s1. The average Bonchev–Trinajstić information content (AvgIpc) is 2.43. The van der Waals surface area contributed by atoms with Crippen LogP contribution in [-0.2, 0) is 14.9 Å². The molecule has 1 saturated heterocycles. The first kappa shape index (κ1) is 17.5. The van der Waals surface area contributed by atoms with Crippen LogP contribution in [0.5, 0.6) is 0 Å². The van der Waals surface area contributed by atoms with E-state index in [0.29, 0.717) is 0 Å². The van der Waals surface area contributed by atoms with Crippen molar-refractivity contribution in [2.24, 2.45) is 0 Å². The maximum Gasteiger partial charge on any atom is 0.522 e. The van der Waals surface area contributed by atoms with Gasteiger partial charge in [0.2, 0.25) is 0 Å². The average molecular weight is 300 g/mol. The Balaban J connectivity index is 0.000000331. The molecular formula is C6H11F3O8S. The van der Waals surface area contributed by atoms with E-state index in [4.69, 9.17) is 33.4 Å². The molecule has 0 amide bonds. The van der Waals surface area contributed by atoms with E-state index in [0.717, 1.165) is 0 Å². The zero-order chi connectivity index (χ0) is 14.7. The lowest BCUT2D eigenvalue weighted by Crippen LogP contribution is -2.33. The van der Waals surface area contributed by atoms with Crippen molar-refractivity contribution in [3.05, 3.63) is 0 Å². The molecule has 8 nitrogen and oxygen atoms in total. The number of alkyl halides is 3. The van der Waals surface area contributed by atoms with Crippen molar-refractivity contribution in [3.8, 4) is 0 Å². The molecule has 1 aliphatic heterocycles. The maximum absolute atomic E-state index is 10.7. The highest BCUT2D eigenvalue weighted by Crippen LogP contribution is 2.20. The molecule has 0 aromatic heterocycles. The van der Waals surface area contributed by atoms with Crippen molar-refractivity contribution in [1.82, 2.24) is 0 Å². The highest BCUT2D eigenvalue weighted by Gasteiger charge is 2.44. The Morgan fingerprint density at radius 2 is 1.50 bits per heavy atom. The summed E-state index contributed by atoms with van der Waals surface area (Å²) in [5, 5.41) is 35.0. The van der Waals surface area contributed by atoms with Crippen LogP contribution >= 0.6 is 0 Å². The molecule has 1 heterocycles. The van der Waals surface area contributed by atoms with Gasteiger partial charge in [0.25, 0.3) is 0 Å². The number of hydrogen-bond acceptors (Lipinski definition) is 7. The summed E-state index contributed by atoms with van der Waals surface area (Å²) in [6, 6.07) is 0. The minimum atomic E-state index is -5.84. The first-order valence-electron chi connectivity index (χ1n) is 4.26. The fourth-order valence-corrected chi connectivity index (χ4v) is 0.880. The fourth-order valence-electron chi connectivity index (χ4n) is 0.880. The van der Waals surface area contributed by atoms with Crippen molar-refractivity contribution in [2.45, 2.75) is 30.1 Å². The highest BCUT2D eigenvalue weighted by molar-refractivity contribution is 7.86. The Hall–Kier alpha value is -0.500. The summed E-state index contributed by atoms with van der Waals surface area (Å²) in [6.45, 7) is -0.407. The van der Waals surface area contributed by atoms with Crippen LogP contribution < -0.4 is 0 Å². The number of halogens is 3. The smallest absolute Gasteiger partial charge is 0.394 e. The molecule has 0 saturated carbocycles. The zero-order valence-electron chi connectivity index (χ0n) is 8.52. The lowest BCUT2D eigenvalue weighted by atomic mass is 10.1. The van der Waals surface area contributed by atoms with Crippen molar-refractivity contribution in [3.63, 3.8) is 0 Å². The van der Waals surface area contributed by atoms with Crippen molar-refractivity contribution < 1.29 is 51.3 Å². The number of ether oxygens (including phenoxy) is 1. The molecule has 0 spiro atoms. The molecule has 0 aliphatic carbocycles. The molecule has 0 aromatic rings. The Labute approximate surface area is 99.0 Å². The summed E-state index contributed by atoms with van der Waals surface area (Å²) >= 11 is 0. The van der Waals surface area contributed by atoms with Gasteiger partial charge in [0.1, 0.15) is 18.3 Å². The third-order valence-electron chi connectivity index (χ3n) is 1.81. The topological polar surface area (TPSA) is 145 Å². The monoisotopic (exact) mass is 300 g/mol. The number of rotatable bonds is 1. The fraction of sp³-hybridized carbons (Fsp3) is 1.00. The molecule has 0 bridgehead atoms. The molecular weight excluding hydrogens is 289 g/mol. The van der Waals surface area contributed by atoms with Crippen LogP contribution in [0.15, 0.2) is 0 Å². The molecule has 12 heteroatoms. The van der Waals surface area contributed by atoms with Gasteiger partial charge in [0.15, 0.2) is 6.29 Å². The molecule has 1 rings (SSSR count). The lowest BCUT2D eigenvalue weighted by Gasteiger charge is -2.09. The SMILES string of the molecule is O=S(=O)(O)C(F)(F)F.OC[C@H]1O[C@@H](O)[C@H](O)[C@@H]1O. The predicted octanol–water partition coefficient (Wildman–Crippen LogP) is -2.19. The van der Waals surface area contributed by atoms with Gasteiger partial charge in [-0.25, -0.2) is 0 Å². The van der Waals surface area contributed by atoms with Gasteiger partial charge in [0, 0.05) is 0 Å². The van der Waals surface area contributed by atoms with Crippen molar-refractivity contribution in [2.75, 3.05) is 6.61 Å². The van der Waals surface area contributed by atoms with Crippen LogP contribution in [0.4, 0.5) is 13.2 Å². The molecule has 5 N–H and O–H groups in total. The van der Waals surface area contributed by atoms with Gasteiger partial charge in [0.05, 0.1) is 6.61 Å². The second kappa shape index (κ2) is 6.10. The van der Waals surface area contributed by atoms with Gasteiger partial charge in [-0.2, -0.15) is 21.6 Å². The normalized spacial score (nSPS) is 32.9. The quantitative estimate of drug-likeness (QED) is 0.271. The molecule has 0 radical (unpaired) electrons. The van der Waals surface area contributed by atoms with Gasteiger partial charge < -0.3 is 25.2 Å². The van der Waals surface area contributed by atoms with Gasteiger partial charge in [-0.3, -0.25) is 4.55 Å². The van der Waals surface area contributed by atoms with Crippen molar-refractivity contribution in [1.29, 1.82) is 0 Å². The lowest BCUT2D eigenvalue weighted by molar-refractivity contribution is -0.132. The molecule has 0 aromatic carbocycles. The first-order chi connectivity index (χ1) is 7.91. The molecule has 1 fully saturated rings. The Morgan fingerprint density at radius 3 is 1.61 bits per heavy atom. The zero-order valence-corrected chi connectivity index (χ0v) is 9.34. The Kier molecular flexibility index (Phi) is 5.93. The summed E-state index contributed by atoms with van der Waals surface area (Å²) in [6.07, 6.45) is -4.76. The minimum absolute atomic E-state index is 0.407. The maximum atomic E-state index is 10.7. The highest BCUT2D eigenvalue weighted by atomic mass is 32.2. The van der Waals surface area contributed by atoms with E-state index in [9.17, 15) is 13.2 Å².